The van der Waals surface area contributed by atoms with Gasteiger partial charge in [0.15, 0.2) is 5.96 Å². The van der Waals surface area contributed by atoms with Crippen LogP contribution in [0, 0.1) is 5.41 Å². The number of likely N-dealkylation sites (tertiary alicyclic amines) is 1. The molecule has 0 saturated carbocycles. The summed E-state index contributed by atoms with van der Waals surface area (Å²) >= 11 is 1.77. The van der Waals surface area contributed by atoms with Crippen LogP contribution in [0.25, 0.3) is 0 Å². The van der Waals surface area contributed by atoms with Gasteiger partial charge in [-0.2, -0.15) is 0 Å². The first kappa shape index (κ1) is 19.7. The summed E-state index contributed by atoms with van der Waals surface area (Å²) in [6.45, 7) is 12.1. The lowest BCUT2D eigenvalue weighted by Crippen LogP contribution is -2.41. The van der Waals surface area contributed by atoms with Crippen LogP contribution in [0.3, 0.4) is 0 Å². The highest BCUT2D eigenvalue weighted by atomic mass is 127. The SMILES string of the molecule is CN=C(NCCc1csc(C(C)C)n1)N1CCC(C)(C)C1.I. The second-order valence-corrected chi connectivity index (χ2v) is 7.78. The molecule has 0 aliphatic carbocycles. The number of halogens is 1. The smallest absolute Gasteiger partial charge is 0.193 e. The van der Waals surface area contributed by atoms with Crippen LogP contribution < -0.4 is 5.32 Å². The molecule has 126 valence electrons. The monoisotopic (exact) mass is 436 g/mol. The fourth-order valence-electron chi connectivity index (χ4n) is 2.63. The van der Waals surface area contributed by atoms with Gasteiger partial charge in [0.1, 0.15) is 0 Å². The molecular formula is C16H29IN4S. The molecule has 0 bridgehead atoms. The molecule has 0 spiro atoms. The number of hydrogen-bond acceptors (Lipinski definition) is 3. The van der Waals surface area contributed by atoms with E-state index in [1.54, 1.807) is 11.3 Å². The Morgan fingerprint density at radius 3 is 2.73 bits per heavy atom. The molecule has 0 unspecified atom stereocenters. The van der Waals surface area contributed by atoms with Gasteiger partial charge in [0.2, 0.25) is 0 Å². The zero-order valence-corrected chi connectivity index (χ0v) is 17.5. The minimum absolute atomic E-state index is 0. The lowest BCUT2D eigenvalue weighted by Gasteiger charge is -2.23. The van der Waals surface area contributed by atoms with Gasteiger partial charge in [0, 0.05) is 44.4 Å². The van der Waals surface area contributed by atoms with E-state index in [9.17, 15) is 0 Å². The van der Waals surface area contributed by atoms with E-state index in [1.165, 1.54) is 17.1 Å². The molecule has 1 aliphatic heterocycles. The Hall–Kier alpha value is -0.370. The van der Waals surface area contributed by atoms with Crippen molar-refractivity contribution in [3.63, 3.8) is 0 Å². The molecule has 4 nitrogen and oxygen atoms in total. The second-order valence-electron chi connectivity index (χ2n) is 6.89. The molecule has 6 heteroatoms. The van der Waals surface area contributed by atoms with Gasteiger partial charge in [0.05, 0.1) is 10.7 Å². The molecular weight excluding hydrogens is 407 g/mol. The summed E-state index contributed by atoms with van der Waals surface area (Å²) in [6, 6.07) is 0. The number of rotatable bonds is 4. The first-order valence-electron chi connectivity index (χ1n) is 7.81. The third-order valence-electron chi connectivity index (χ3n) is 3.92. The Balaban J connectivity index is 0.00000242. The van der Waals surface area contributed by atoms with E-state index >= 15 is 0 Å². The molecule has 1 aromatic heterocycles. The molecule has 1 fully saturated rings. The number of aliphatic imine (C=N–C) groups is 1. The maximum Gasteiger partial charge on any atom is 0.193 e. The van der Waals surface area contributed by atoms with Gasteiger partial charge in [-0.05, 0) is 11.8 Å². The maximum atomic E-state index is 4.68. The van der Waals surface area contributed by atoms with Gasteiger partial charge >= 0.3 is 0 Å². The number of aromatic nitrogens is 1. The molecule has 1 saturated heterocycles. The zero-order valence-electron chi connectivity index (χ0n) is 14.3. The standard InChI is InChI=1S/C16H28N4S.HI/c1-12(2)14-19-13(10-21-14)6-8-18-15(17-5)20-9-7-16(3,4)11-20;/h10,12H,6-9,11H2,1-5H3,(H,17,18);1H. The average molecular weight is 436 g/mol. The van der Waals surface area contributed by atoms with Crippen molar-refractivity contribution in [2.75, 3.05) is 26.7 Å². The highest BCUT2D eigenvalue weighted by Crippen LogP contribution is 2.28. The summed E-state index contributed by atoms with van der Waals surface area (Å²) < 4.78 is 0. The summed E-state index contributed by atoms with van der Waals surface area (Å²) in [5, 5.41) is 6.89. The molecule has 0 atom stereocenters. The van der Waals surface area contributed by atoms with Gasteiger partial charge in [-0.1, -0.05) is 27.7 Å². The van der Waals surface area contributed by atoms with Gasteiger partial charge in [-0.15, -0.1) is 35.3 Å². The predicted molar refractivity (Wildman–Crippen MR) is 107 cm³/mol. The normalized spacial score (nSPS) is 17.7. The first-order chi connectivity index (χ1) is 9.91. The number of nitrogens with zero attached hydrogens (tertiary/aromatic N) is 3. The average Bonchev–Trinajstić information content (AvgIpc) is 3.01. The van der Waals surface area contributed by atoms with E-state index < -0.39 is 0 Å². The summed E-state index contributed by atoms with van der Waals surface area (Å²) in [5.74, 6) is 1.55. The van der Waals surface area contributed by atoms with Crippen molar-refractivity contribution >= 4 is 41.3 Å². The van der Waals surface area contributed by atoms with Crippen molar-refractivity contribution in [1.82, 2.24) is 15.2 Å². The molecule has 1 N–H and O–H groups in total. The second kappa shape index (κ2) is 8.47. The van der Waals surface area contributed by atoms with Crippen molar-refractivity contribution < 1.29 is 0 Å². The number of guanidine groups is 1. The Labute approximate surface area is 155 Å². The molecule has 2 heterocycles. The number of nitrogens with one attached hydrogen (secondary N) is 1. The minimum atomic E-state index is 0. The van der Waals surface area contributed by atoms with Gasteiger partial charge in [-0.3, -0.25) is 4.99 Å². The van der Waals surface area contributed by atoms with Gasteiger partial charge < -0.3 is 10.2 Å². The summed E-state index contributed by atoms with van der Waals surface area (Å²) in [4.78, 5) is 11.5. The third-order valence-corrected chi connectivity index (χ3v) is 5.11. The van der Waals surface area contributed by atoms with Crippen LogP contribution in [0.5, 0.6) is 0 Å². The van der Waals surface area contributed by atoms with Crippen LogP contribution in [-0.2, 0) is 6.42 Å². The van der Waals surface area contributed by atoms with Crippen LogP contribution in [0.1, 0.15) is 50.7 Å². The lowest BCUT2D eigenvalue weighted by molar-refractivity contribution is 0.370. The van der Waals surface area contributed by atoms with Crippen LogP contribution in [0.2, 0.25) is 0 Å². The quantitative estimate of drug-likeness (QED) is 0.444. The Kier molecular flexibility index (Phi) is 7.58. The molecule has 1 aromatic rings. The molecule has 0 amide bonds. The number of hydrogen-bond donors (Lipinski definition) is 1. The molecule has 0 aromatic carbocycles. The van der Waals surface area contributed by atoms with Crippen LogP contribution in [0.4, 0.5) is 0 Å². The van der Waals surface area contributed by atoms with E-state index in [2.05, 4.69) is 53.3 Å². The van der Waals surface area contributed by atoms with Crippen molar-refractivity contribution in [1.29, 1.82) is 0 Å². The molecule has 1 aliphatic rings. The molecule has 0 radical (unpaired) electrons. The van der Waals surface area contributed by atoms with Crippen molar-refractivity contribution in [2.24, 2.45) is 10.4 Å². The molecule has 22 heavy (non-hydrogen) atoms. The maximum absolute atomic E-state index is 4.68. The van der Waals surface area contributed by atoms with Crippen LogP contribution >= 0.6 is 35.3 Å². The van der Waals surface area contributed by atoms with Crippen molar-refractivity contribution in [3.8, 4) is 0 Å². The van der Waals surface area contributed by atoms with E-state index in [0.29, 0.717) is 11.3 Å². The van der Waals surface area contributed by atoms with E-state index in [0.717, 1.165) is 32.0 Å². The lowest BCUT2D eigenvalue weighted by atomic mass is 9.93. The Morgan fingerprint density at radius 1 is 1.50 bits per heavy atom. The fourth-order valence-corrected chi connectivity index (χ4v) is 3.50. The summed E-state index contributed by atoms with van der Waals surface area (Å²) in [6.07, 6.45) is 2.19. The summed E-state index contributed by atoms with van der Waals surface area (Å²) in [7, 11) is 1.87. The third kappa shape index (κ3) is 5.37. The fraction of sp³-hybridized carbons (Fsp3) is 0.750. The zero-order chi connectivity index (χ0) is 15.5. The number of thiazole rings is 1. The van der Waals surface area contributed by atoms with E-state index in [-0.39, 0.29) is 24.0 Å². The Bertz CT molecular complexity index is 496. The van der Waals surface area contributed by atoms with Gasteiger partial charge in [-0.25, -0.2) is 4.98 Å². The van der Waals surface area contributed by atoms with Gasteiger partial charge in [0.25, 0.3) is 0 Å². The van der Waals surface area contributed by atoms with Crippen LogP contribution in [-0.4, -0.2) is 42.5 Å². The largest absolute Gasteiger partial charge is 0.356 e. The minimum Gasteiger partial charge on any atom is -0.356 e. The predicted octanol–water partition coefficient (Wildman–Crippen LogP) is 3.73. The van der Waals surface area contributed by atoms with Crippen LogP contribution in [0.15, 0.2) is 10.4 Å². The van der Waals surface area contributed by atoms with Crippen molar-refractivity contribution in [3.05, 3.63) is 16.1 Å². The molecule has 2 rings (SSSR count). The Morgan fingerprint density at radius 2 is 2.23 bits per heavy atom. The highest BCUT2D eigenvalue weighted by molar-refractivity contribution is 14.0. The van der Waals surface area contributed by atoms with Crippen molar-refractivity contribution in [2.45, 2.75) is 46.5 Å². The van der Waals surface area contributed by atoms with E-state index in [4.69, 9.17) is 0 Å². The topological polar surface area (TPSA) is 40.5 Å². The van der Waals surface area contributed by atoms with E-state index in [1.807, 2.05) is 7.05 Å². The summed E-state index contributed by atoms with van der Waals surface area (Å²) in [5.41, 5.74) is 1.59. The first-order valence-corrected chi connectivity index (χ1v) is 8.69. The highest BCUT2D eigenvalue weighted by Gasteiger charge is 2.30.